The van der Waals surface area contributed by atoms with Gasteiger partial charge < -0.3 is 15.4 Å². The predicted octanol–water partition coefficient (Wildman–Crippen LogP) is 2.26. The molecule has 1 aliphatic carbocycles. The van der Waals surface area contributed by atoms with Crippen LogP contribution in [-0.2, 0) is 0 Å². The molecule has 0 unspecified atom stereocenters. The van der Waals surface area contributed by atoms with Crippen molar-refractivity contribution in [1.29, 1.82) is 0 Å². The van der Waals surface area contributed by atoms with Crippen LogP contribution in [0.4, 0.5) is 11.9 Å². The van der Waals surface area contributed by atoms with Crippen LogP contribution in [0.3, 0.4) is 0 Å². The molecule has 112 valence electrons. The molecule has 0 saturated heterocycles. The molecule has 0 radical (unpaired) electrons. The summed E-state index contributed by atoms with van der Waals surface area (Å²) < 4.78 is 5.33. The average molecular weight is 279 g/mol. The largest absolute Gasteiger partial charge is 0.464 e. The number of nitrogens with zero attached hydrogens (tertiary/aromatic N) is 4. The summed E-state index contributed by atoms with van der Waals surface area (Å²) in [6, 6.07) is 0.790. The third kappa shape index (κ3) is 3.49. The van der Waals surface area contributed by atoms with Crippen molar-refractivity contribution in [3.8, 4) is 6.01 Å². The van der Waals surface area contributed by atoms with E-state index >= 15 is 0 Å². The Morgan fingerprint density at radius 1 is 1.15 bits per heavy atom. The van der Waals surface area contributed by atoms with Gasteiger partial charge in [-0.1, -0.05) is 13.3 Å². The molecule has 0 aromatic carbocycles. The molecule has 2 rings (SSSR count). The van der Waals surface area contributed by atoms with Crippen LogP contribution in [0, 0.1) is 5.92 Å². The Morgan fingerprint density at radius 3 is 2.45 bits per heavy atom. The highest BCUT2D eigenvalue weighted by Crippen LogP contribution is 2.30. The zero-order valence-corrected chi connectivity index (χ0v) is 12.7. The third-order valence-corrected chi connectivity index (χ3v) is 4.15. The Balaban J connectivity index is 2.07. The number of hydrogen-bond donors (Lipinski definition) is 1. The summed E-state index contributed by atoms with van der Waals surface area (Å²) in [5.74, 6) is 1.70. The number of ether oxygens (including phenoxy) is 1. The second kappa shape index (κ2) is 6.72. The average Bonchev–Trinajstić information content (AvgIpc) is 2.46. The topological polar surface area (TPSA) is 77.2 Å². The Morgan fingerprint density at radius 2 is 1.85 bits per heavy atom. The molecule has 0 spiro atoms. The highest BCUT2D eigenvalue weighted by atomic mass is 16.5. The standard InChI is InChI=1S/C14H25N5O/c1-4-10-6-8-11(9-7-10)19(3)13-16-12(15)17-14(18-13)20-5-2/h10-11H,4-9H2,1-3H3,(H2,15,16,17,18). The lowest BCUT2D eigenvalue weighted by Gasteiger charge is -2.34. The summed E-state index contributed by atoms with van der Waals surface area (Å²) in [7, 11) is 2.03. The number of anilines is 2. The minimum absolute atomic E-state index is 0.215. The van der Waals surface area contributed by atoms with Gasteiger partial charge in [-0.3, -0.25) is 0 Å². The highest BCUT2D eigenvalue weighted by Gasteiger charge is 2.25. The van der Waals surface area contributed by atoms with Gasteiger partial charge in [0.05, 0.1) is 6.61 Å². The maximum Gasteiger partial charge on any atom is 0.323 e. The molecule has 1 heterocycles. The van der Waals surface area contributed by atoms with Gasteiger partial charge in [-0.2, -0.15) is 15.0 Å². The first-order valence-corrected chi connectivity index (χ1v) is 7.51. The molecule has 0 atom stereocenters. The molecule has 6 heteroatoms. The Hall–Kier alpha value is -1.59. The van der Waals surface area contributed by atoms with Crippen LogP contribution in [-0.4, -0.2) is 34.6 Å². The summed E-state index contributed by atoms with van der Waals surface area (Å²) in [6.07, 6.45) is 6.22. The Labute approximate surface area is 120 Å². The van der Waals surface area contributed by atoms with Crippen molar-refractivity contribution in [3.05, 3.63) is 0 Å². The molecule has 1 fully saturated rings. The van der Waals surface area contributed by atoms with Crippen LogP contribution in [0.1, 0.15) is 46.0 Å². The predicted molar refractivity (Wildman–Crippen MR) is 79.8 cm³/mol. The normalized spacial score (nSPS) is 22.6. The lowest BCUT2D eigenvalue weighted by molar-refractivity contribution is 0.304. The summed E-state index contributed by atoms with van der Waals surface area (Å²) in [4.78, 5) is 14.7. The molecule has 6 nitrogen and oxygen atoms in total. The van der Waals surface area contributed by atoms with E-state index in [0.29, 0.717) is 24.6 Å². The number of nitrogen functional groups attached to an aromatic ring is 1. The lowest BCUT2D eigenvalue weighted by Crippen LogP contribution is -2.36. The molecular formula is C14H25N5O. The third-order valence-electron chi connectivity index (χ3n) is 4.15. The van der Waals surface area contributed by atoms with Gasteiger partial charge in [0, 0.05) is 13.1 Å². The van der Waals surface area contributed by atoms with Crippen LogP contribution in [0.2, 0.25) is 0 Å². The number of hydrogen-bond acceptors (Lipinski definition) is 6. The SMILES string of the molecule is CCOc1nc(N)nc(N(C)C2CCC(CC)CC2)n1. The molecule has 1 saturated carbocycles. The van der Waals surface area contributed by atoms with E-state index < -0.39 is 0 Å². The smallest absolute Gasteiger partial charge is 0.323 e. The van der Waals surface area contributed by atoms with Crippen LogP contribution < -0.4 is 15.4 Å². The first-order valence-electron chi connectivity index (χ1n) is 7.51. The summed E-state index contributed by atoms with van der Waals surface area (Å²) in [5.41, 5.74) is 5.73. The molecular weight excluding hydrogens is 254 g/mol. The van der Waals surface area contributed by atoms with Gasteiger partial charge in [0.1, 0.15) is 0 Å². The van der Waals surface area contributed by atoms with Crippen LogP contribution in [0.15, 0.2) is 0 Å². The second-order valence-corrected chi connectivity index (χ2v) is 5.40. The van der Waals surface area contributed by atoms with Crippen molar-refractivity contribution in [2.75, 3.05) is 24.3 Å². The monoisotopic (exact) mass is 279 g/mol. The van der Waals surface area contributed by atoms with Crippen LogP contribution in [0.25, 0.3) is 0 Å². The molecule has 1 aromatic rings. The zero-order chi connectivity index (χ0) is 14.5. The fraction of sp³-hybridized carbons (Fsp3) is 0.786. The Kier molecular flexibility index (Phi) is 4.98. The van der Waals surface area contributed by atoms with Crippen LogP contribution in [0.5, 0.6) is 6.01 Å². The minimum Gasteiger partial charge on any atom is -0.464 e. The molecule has 20 heavy (non-hydrogen) atoms. The van der Waals surface area contributed by atoms with E-state index in [4.69, 9.17) is 10.5 Å². The van der Waals surface area contributed by atoms with E-state index in [2.05, 4.69) is 26.8 Å². The quantitative estimate of drug-likeness (QED) is 0.890. The van der Waals surface area contributed by atoms with E-state index in [-0.39, 0.29) is 5.95 Å². The van der Waals surface area contributed by atoms with Crippen molar-refractivity contribution in [2.45, 2.75) is 52.0 Å². The van der Waals surface area contributed by atoms with Crippen molar-refractivity contribution in [1.82, 2.24) is 15.0 Å². The maximum absolute atomic E-state index is 5.73. The second-order valence-electron chi connectivity index (χ2n) is 5.40. The summed E-state index contributed by atoms with van der Waals surface area (Å²) in [6.45, 7) is 4.69. The van der Waals surface area contributed by atoms with E-state index in [1.807, 2.05) is 14.0 Å². The van der Waals surface area contributed by atoms with Gasteiger partial charge in [-0.25, -0.2) is 0 Å². The molecule has 0 amide bonds. The molecule has 0 bridgehead atoms. The van der Waals surface area contributed by atoms with Crippen molar-refractivity contribution in [3.63, 3.8) is 0 Å². The van der Waals surface area contributed by atoms with Gasteiger partial charge >= 0.3 is 6.01 Å². The molecule has 0 aliphatic heterocycles. The number of aromatic nitrogens is 3. The van der Waals surface area contributed by atoms with E-state index in [9.17, 15) is 0 Å². The van der Waals surface area contributed by atoms with E-state index in [0.717, 1.165) is 5.92 Å². The van der Waals surface area contributed by atoms with Crippen molar-refractivity contribution >= 4 is 11.9 Å². The van der Waals surface area contributed by atoms with Crippen LogP contribution >= 0.6 is 0 Å². The highest BCUT2D eigenvalue weighted by molar-refractivity contribution is 5.36. The van der Waals surface area contributed by atoms with E-state index in [1.54, 1.807) is 0 Å². The summed E-state index contributed by atoms with van der Waals surface area (Å²) in [5, 5.41) is 0. The Bertz CT molecular complexity index is 432. The first kappa shape index (κ1) is 14.8. The maximum atomic E-state index is 5.73. The molecule has 1 aromatic heterocycles. The lowest BCUT2D eigenvalue weighted by atomic mass is 9.84. The van der Waals surface area contributed by atoms with Crippen molar-refractivity contribution < 1.29 is 4.74 Å². The molecule has 2 N–H and O–H groups in total. The zero-order valence-electron chi connectivity index (χ0n) is 12.7. The summed E-state index contributed by atoms with van der Waals surface area (Å²) >= 11 is 0. The van der Waals surface area contributed by atoms with Gasteiger partial charge in [0.15, 0.2) is 0 Å². The fourth-order valence-corrected chi connectivity index (χ4v) is 2.82. The first-order chi connectivity index (χ1) is 9.63. The fourth-order valence-electron chi connectivity index (χ4n) is 2.82. The van der Waals surface area contributed by atoms with Gasteiger partial charge in [-0.15, -0.1) is 0 Å². The van der Waals surface area contributed by atoms with E-state index in [1.165, 1.54) is 32.1 Å². The number of nitrogens with two attached hydrogens (primary N) is 1. The minimum atomic E-state index is 0.215. The number of rotatable bonds is 5. The van der Waals surface area contributed by atoms with Crippen molar-refractivity contribution in [2.24, 2.45) is 5.92 Å². The van der Waals surface area contributed by atoms with Gasteiger partial charge in [0.25, 0.3) is 0 Å². The molecule has 1 aliphatic rings. The van der Waals surface area contributed by atoms with Gasteiger partial charge in [0.2, 0.25) is 11.9 Å². The van der Waals surface area contributed by atoms with Gasteiger partial charge in [-0.05, 0) is 38.5 Å².